The maximum absolute atomic E-state index is 12.8. The Morgan fingerprint density at radius 3 is 2.57 bits per heavy atom. The molecule has 0 aliphatic heterocycles. The summed E-state index contributed by atoms with van der Waals surface area (Å²) >= 11 is 5.71. The van der Waals surface area contributed by atoms with Gasteiger partial charge < -0.3 is 4.74 Å². The Bertz CT molecular complexity index is 629. The van der Waals surface area contributed by atoms with E-state index in [9.17, 15) is 13.2 Å². The van der Waals surface area contributed by atoms with E-state index < -0.39 is 11.7 Å². The van der Waals surface area contributed by atoms with Crippen molar-refractivity contribution >= 4 is 11.6 Å². The molecule has 21 heavy (non-hydrogen) atoms. The molecule has 0 atom stereocenters. The van der Waals surface area contributed by atoms with E-state index in [-0.39, 0.29) is 10.8 Å². The zero-order valence-electron chi connectivity index (χ0n) is 11.2. The first-order valence-electron chi connectivity index (χ1n) is 6.39. The number of halogens is 4. The van der Waals surface area contributed by atoms with E-state index in [1.807, 2.05) is 6.92 Å². The van der Waals surface area contributed by atoms with E-state index in [0.717, 1.165) is 18.6 Å². The van der Waals surface area contributed by atoms with Gasteiger partial charge in [-0.3, -0.25) is 0 Å². The number of hydrogen-bond donors (Lipinski definition) is 0. The van der Waals surface area contributed by atoms with Gasteiger partial charge in [-0.05, 0) is 30.7 Å². The number of alkyl halides is 3. The fraction of sp³-hybridized carbons (Fsp3) is 0.267. The molecule has 1 heterocycles. The van der Waals surface area contributed by atoms with Gasteiger partial charge in [-0.2, -0.15) is 13.2 Å². The smallest absolute Gasteiger partial charge is 0.416 e. The number of pyridine rings is 1. The van der Waals surface area contributed by atoms with Crippen molar-refractivity contribution < 1.29 is 17.9 Å². The molecule has 0 aliphatic rings. The number of nitrogens with zero attached hydrogens (tertiary/aromatic N) is 1. The SMILES string of the molecule is CCCOc1ccccc1-c1cc(C(F)(F)F)cc(Cl)n1. The van der Waals surface area contributed by atoms with Gasteiger partial charge in [0.1, 0.15) is 10.9 Å². The minimum atomic E-state index is -4.47. The molecule has 1 aromatic carbocycles. The highest BCUT2D eigenvalue weighted by Crippen LogP contribution is 2.35. The van der Waals surface area contributed by atoms with Crippen molar-refractivity contribution in [1.29, 1.82) is 0 Å². The van der Waals surface area contributed by atoms with Gasteiger partial charge in [-0.25, -0.2) is 4.98 Å². The van der Waals surface area contributed by atoms with Crippen LogP contribution in [0, 0.1) is 0 Å². The van der Waals surface area contributed by atoms with Crippen molar-refractivity contribution in [2.75, 3.05) is 6.61 Å². The van der Waals surface area contributed by atoms with Gasteiger partial charge in [0.05, 0.1) is 17.9 Å². The first kappa shape index (κ1) is 15.6. The second kappa shape index (κ2) is 6.35. The van der Waals surface area contributed by atoms with Crippen molar-refractivity contribution in [1.82, 2.24) is 4.98 Å². The highest BCUT2D eigenvalue weighted by atomic mass is 35.5. The van der Waals surface area contributed by atoms with Gasteiger partial charge in [0.15, 0.2) is 0 Å². The molecule has 0 fully saturated rings. The predicted octanol–water partition coefficient (Wildman–Crippen LogP) is 5.21. The van der Waals surface area contributed by atoms with E-state index in [4.69, 9.17) is 16.3 Å². The first-order chi connectivity index (χ1) is 9.91. The van der Waals surface area contributed by atoms with Crippen LogP contribution < -0.4 is 4.74 Å². The lowest BCUT2D eigenvalue weighted by Crippen LogP contribution is -2.06. The number of rotatable bonds is 4. The number of para-hydroxylation sites is 1. The third-order valence-corrected chi connectivity index (χ3v) is 2.94. The van der Waals surface area contributed by atoms with E-state index in [0.29, 0.717) is 17.9 Å². The zero-order valence-corrected chi connectivity index (χ0v) is 12.0. The van der Waals surface area contributed by atoms with Gasteiger partial charge in [-0.1, -0.05) is 30.7 Å². The Morgan fingerprint density at radius 1 is 1.19 bits per heavy atom. The lowest BCUT2D eigenvalue weighted by atomic mass is 10.1. The van der Waals surface area contributed by atoms with Crippen LogP contribution in [0.5, 0.6) is 5.75 Å². The molecule has 2 rings (SSSR count). The molecular formula is C15H13ClF3NO. The molecule has 0 saturated heterocycles. The highest BCUT2D eigenvalue weighted by molar-refractivity contribution is 6.29. The summed E-state index contributed by atoms with van der Waals surface area (Å²) in [6.45, 7) is 2.42. The fourth-order valence-corrected chi connectivity index (χ4v) is 2.02. The van der Waals surface area contributed by atoms with Gasteiger partial charge in [-0.15, -0.1) is 0 Å². The number of hydrogen-bond acceptors (Lipinski definition) is 2. The van der Waals surface area contributed by atoms with Crippen molar-refractivity contribution in [2.45, 2.75) is 19.5 Å². The Balaban J connectivity index is 2.49. The molecule has 0 radical (unpaired) electrons. The Labute approximate surface area is 125 Å². The third kappa shape index (κ3) is 3.88. The molecule has 112 valence electrons. The second-order valence-electron chi connectivity index (χ2n) is 4.41. The lowest BCUT2D eigenvalue weighted by molar-refractivity contribution is -0.137. The Hall–Kier alpha value is -1.75. The van der Waals surface area contributed by atoms with Crippen LogP contribution in [-0.2, 0) is 6.18 Å². The molecule has 0 saturated carbocycles. The molecule has 0 aliphatic carbocycles. The molecule has 1 aromatic heterocycles. The standard InChI is InChI=1S/C15H13ClF3NO/c1-2-7-21-13-6-4-3-5-11(13)12-8-10(15(17,18)19)9-14(16)20-12/h3-6,8-9H,2,7H2,1H3. The van der Waals surface area contributed by atoms with Crippen LogP contribution in [0.2, 0.25) is 5.15 Å². The molecule has 2 nitrogen and oxygen atoms in total. The quantitative estimate of drug-likeness (QED) is 0.723. The van der Waals surface area contributed by atoms with Crippen molar-refractivity contribution in [3.63, 3.8) is 0 Å². The van der Waals surface area contributed by atoms with Crippen molar-refractivity contribution in [3.8, 4) is 17.0 Å². The zero-order chi connectivity index (χ0) is 15.5. The molecule has 2 aromatic rings. The molecule has 0 amide bonds. The van der Waals surface area contributed by atoms with Gasteiger partial charge in [0, 0.05) is 5.56 Å². The largest absolute Gasteiger partial charge is 0.493 e. The Morgan fingerprint density at radius 2 is 1.90 bits per heavy atom. The summed E-state index contributed by atoms with van der Waals surface area (Å²) < 4.78 is 44.1. The first-order valence-corrected chi connectivity index (χ1v) is 6.76. The van der Waals surface area contributed by atoms with Crippen molar-refractivity contribution in [3.05, 3.63) is 47.1 Å². The van der Waals surface area contributed by atoms with Crippen LogP contribution in [0.3, 0.4) is 0 Å². The molecule has 0 N–H and O–H groups in total. The van der Waals surface area contributed by atoms with Crippen LogP contribution in [0.1, 0.15) is 18.9 Å². The highest BCUT2D eigenvalue weighted by Gasteiger charge is 2.31. The van der Waals surface area contributed by atoms with E-state index in [2.05, 4.69) is 4.98 Å². The summed E-state index contributed by atoms with van der Waals surface area (Å²) in [5.74, 6) is 0.488. The number of ether oxygens (including phenoxy) is 1. The van der Waals surface area contributed by atoms with Crippen LogP contribution in [0.25, 0.3) is 11.3 Å². The Kier molecular flexibility index (Phi) is 4.73. The molecule has 6 heteroatoms. The topological polar surface area (TPSA) is 22.1 Å². The van der Waals surface area contributed by atoms with E-state index in [1.165, 1.54) is 0 Å². The van der Waals surface area contributed by atoms with E-state index >= 15 is 0 Å². The van der Waals surface area contributed by atoms with Crippen LogP contribution in [0.4, 0.5) is 13.2 Å². The van der Waals surface area contributed by atoms with Gasteiger partial charge in [0.2, 0.25) is 0 Å². The van der Waals surface area contributed by atoms with Crippen molar-refractivity contribution in [2.24, 2.45) is 0 Å². The predicted molar refractivity (Wildman–Crippen MR) is 75.5 cm³/mol. The van der Waals surface area contributed by atoms with Crippen LogP contribution in [0.15, 0.2) is 36.4 Å². The summed E-state index contributed by atoms with van der Waals surface area (Å²) in [6.07, 6.45) is -3.67. The minimum absolute atomic E-state index is 0.140. The summed E-state index contributed by atoms with van der Waals surface area (Å²) in [5, 5.41) is -0.204. The third-order valence-electron chi connectivity index (χ3n) is 2.75. The molecule has 0 unspecified atom stereocenters. The van der Waals surface area contributed by atoms with E-state index in [1.54, 1.807) is 24.3 Å². The average Bonchev–Trinajstić information content (AvgIpc) is 2.44. The summed E-state index contributed by atoms with van der Waals surface area (Å²) in [5.41, 5.74) is -0.205. The summed E-state index contributed by atoms with van der Waals surface area (Å²) in [4.78, 5) is 3.97. The lowest BCUT2D eigenvalue weighted by Gasteiger charge is -2.13. The van der Waals surface area contributed by atoms with Crippen LogP contribution >= 0.6 is 11.6 Å². The van der Waals surface area contributed by atoms with Gasteiger partial charge >= 0.3 is 6.18 Å². The molecular weight excluding hydrogens is 303 g/mol. The maximum Gasteiger partial charge on any atom is 0.416 e. The minimum Gasteiger partial charge on any atom is -0.493 e. The van der Waals surface area contributed by atoms with Crippen LogP contribution in [-0.4, -0.2) is 11.6 Å². The monoisotopic (exact) mass is 315 g/mol. The number of benzene rings is 1. The maximum atomic E-state index is 12.8. The number of aromatic nitrogens is 1. The molecule has 0 spiro atoms. The normalized spacial score (nSPS) is 11.5. The summed E-state index contributed by atoms with van der Waals surface area (Å²) in [6, 6.07) is 8.60. The second-order valence-corrected chi connectivity index (χ2v) is 4.79. The van der Waals surface area contributed by atoms with Gasteiger partial charge in [0.25, 0.3) is 0 Å². The molecule has 0 bridgehead atoms. The summed E-state index contributed by atoms with van der Waals surface area (Å²) in [7, 11) is 0. The average molecular weight is 316 g/mol. The fourth-order valence-electron chi connectivity index (χ4n) is 1.81.